The predicted molar refractivity (Wildman–Crippen MR) is 68.0 cm³/mol. The van der Waals surface area contributed by atoms with Crippen molar-refractivity contribution < 1.29 is 21.6 Å². The Hall–Kier alpha value is -0.970. The van der Waals surface area contributed by atoms with Crippen LogP contribution in [0.15, 0.2) is 29.2 Å². The van der Waals surface area contributed by atoms with Crippen LogP contribution in [-0.2, 0) is 10.0 Å². The van der Waals surface area contributed by atoms with Crippen LogP contribution in [0.1, 0.15) is 0 Å². The maximum Gasteiger partial charge on any atom is 0.441 e. The molecule has 19 heavy (non-hydrogen) atoms. The van der Waals surface area contributed by atoms with E-state index in [-0.39, 0.29) is 28.9 Å². The van der Waals surface area contributed by atoms with Crippen molar-refractivity contribution in [2.75, 3.05) is 17.7 Å². The van der Waals surface area contributed by atoms with Gasteiger partial charge in [0, 0.05) is 12.3 Å². The van der Waals surface area contributed by atoms with E-state index in [0.29, 0.717) is 0 Å². The molecule has 0 saturated heterocycles. The first-order valence-corrected chi connectivity index (χ1v) is 7.49. The number of sulfonamides is 1. The number of anilines is 1. The van der Waals surface area contributed by atoms with Crippen LogP contribution in [0.4, 0.5) is 18.9 Å². The molecule has 4 N–H and O–H groups in total. The summed E-state index contributed by atoms with van der Waals surface area (Å²) in [5.74, 6) is 4.76. The van der Waals surface area contributed by atoms with E-state index in [1.807, 2.05) is 0 Å². The fourth-order valence-corrected chi connectivity index (χ4v) is 3.01. The lowest BCUT2D eigenvalue weighted by Gasteiger charge is -2.11. The molecule has 0 atom stereocenters. The van der Waals surface area contributed by atoms with Crippen molar-refractivity contribution in [1.82, 2.24) is 4.72 Å². The van der Waals surface area contributed by atoms with Crippen molar-refractivity contribution in [2.24, 2.45) is 5.84 Å². The summed E-state index contributed by atoms with van der Waals surface area (Å²) >= 11 is -0.288. The number of hydrogen-bond donors (Lipinski definition) is 3. The van der Waals surface area contributed by atoms with Gasteiger partial charge in [0.15, 0.2) is 0 Å². The third kappa shape index (κ3) is 5.27. The molecule has 5 nitrogen and oxygen atoms in total. The second kappa shape index (κ2) is 6.46. The Kier molecular flexibility index (Phi) is 5.47. The Balaban J connectivity index is 2.66. The lowest BCUT2D eigenvalue weighted by molar-refractivity contribution is -0.0327. The third-order valence-corrected chi connectivity index (χ3v) is 4.25. The molecule has 0 unspecified atom stereocenters. The molecule has 0 spiro atoms. The molecule has 0 heterocycles. The Labute approximate surface area is 112 Å². The zero-order valence-corrected chi connectivity index (χ0v) is 11.2. The monoisotopic (exact) mass is 315 g/mol. The van der Waals surface area contributed by atoms with Crippen molar-refractivity contribution in [3.63, 3.8) is 0 Å². The van der Waals surface area contributed by atoms with Crippen molar-refractivity contribution >= 4 is 27.5 Å². The first kappa shape index (κ1) is 16.1. The average Bonchev–Trinajstić information content (AvgIpc) is 2.33. The molecule has 0 amide bonds. The van der Waals surface area contributed by atoms with E-state index in [1.165, 1.54) is 18.2 Å². The molecular formula is C9H12F3N3O2S2. The Bertz CT molecular complexity index is 520. The van der Waals surface area contributed by atoms with Gasteiger partial charge in [0.05, 0.1) is 5.69 Å². The number of halogens is 3. The minimum absolute atomic E-state index is 0.116. The van der Waals surface area contributed by atoms with E-state index in [1.54, 1.807) is 6.07 Å². The Morgan fingerprint density at radius 2 is 1.89 bits per heavy atom. The van der Waals surface area contributed by atoms with Gasteiger partial charge in [-0.2, -0.15) is 13.2 Å². The van der Waals surface area contributed by atoms with Crippen LogP contribution >= 0.6 is 11.8 Å². The van der Waals surface area contributed by atoms with Crippen molar-refractivity contribution in [3.05, 3.63) is 24.3 Å². The number of nitrogens with one attached hydrogen (secondary N) is 2. The molecule has 1 aromatic rings. The number of alkyl halides is 3. The molecule has 0 aliphatic heterocycles. The number of nitrogens with two attached hydrogens (primary N) is 1. The fourth-order valence-electron chi connectivity index (χ4n) is 1.24. The molecule has 1 rings (SSSR count). The van der Waals surface area contributed by atoms with Crippen molar-refractivity contribution in [2.45, 2.75) is 10.4 Å². The molecule has 0 fully saturated rings. The molecule has 0 aliphatic carbocycles. The summed E-state index contributed by atoms with van der Waals surface area (Å²) < 4.78 is 61.4. The van der Waals surface area contributed by atoms with E-state index < -0.39 is 21.3 Å². The third-order valence-electron chi connectivity index (χ3n) is 1.99. The molecule has 0 radical (unpaired) electrons. The van der Waals surface area contributed by atoms with Crippen LogP contribution in [0.2, 0.25) is 0 Å². The van der Waals surface area contributed by atoms with E-state index in [2.05, 4.69) is 10.1 Å². The zero-order chi connectivity index (χ0) is 14.5. The lowest BCUT2D eigenvalue weighted by atomic mass is 10.3. The summed E-state index contributed by atoms with van der Waals surface area (Å²) in [5, 5.41) is 0. The van der Waals surface area contributed by atoms with Gasteiger partial charge in [0.1, 0.15) is 4.90 Å². The minimum atomic E-state index is -4.37. The van der Waals surface area contributed by atoms with Crippen LogP contribution in [0.5, 0.6) is 0 Å². The van der Waals surface area contributed by atoms with Crippen LogP contribution in [0.25, 0.3) is 0 Å². The van der Waals surface area contributed by atoms with Gasteiger partial charge in [0.2, 0.25) is 10.0 Å². The maximum absolute atomic E-state index is 11.9. The summed E-state index contributed by atoms with van der Waals surface area (Å²) in [5.41, 5.74) is -2.00. The normalized spacial score (nSPS) is 12.4. The zero-order valence-electron chi connectivity index (χ0n) is 9.57. The fraction of sp³-hybridized carbons (Fsp3) is 0.333. The van der Waals surface area contributed by atoms with Gasteiger partial charge in [-0.25, -0.2) is 13.1 Å². The van der Waals surface area contributed by atoms with Crippen molar-refractivity contribution in [3.8, 4) is 0 Å². The van der Waals surface area contributed by atoms with Crippen molar-refractivity contribution in [1.29, 1.82) is 0 Å². The molecular weight excluding hydrogens is 303 g/mol. The molecule has 0 saturated carbocycles. The van der Waals surface area contributed by atoms with Gasteiger partial charge in [-0.05, 0) is 23.9 Å². The van der Waals surface area contributed by atoms with Crippen LogP contribution in [-0.4, -0.2) is 26.2 Å². The highest BCUT2D eigenvalue weighted by Gasteiger charge is 2.28. The van der Waals surface area contributed by atoms with Crippen LogP contribution in [0.3, 0.4) is 0 Å². The van der Waals surface area contributed by atoms with Gasteiger partial charge in [-0.15, -0.1) is 0 Å². The summed E-state index contributed by atoms with van der Waals surface area (Å²) in [4.78, 5) is -0.116. The first-order valence-electron chi connectivity index (χ1n) is 5.02. The van der Waals surface area contributed by atoms with Crippen LogP contribution < -0.4 is 16.0 Å². The van der Waals surface area contributed by atoms with Gasteiger partial charge >= 0.3 is 5.51 Å². The number of rotatable bonds is 6. The molecule has 1 aromatic carbocycles. The Morgan fingerprint density at radius 1 is 1.26 bits per heavy atom. The largest absolute Gasteiger partial charge is 0.441 e. The number of benzene rings is 1. The number of hydrogen-bond acceptors (Lipinski definition) is 5. The maximum atomic E-state index is 11.9. The molecule has 0 aliphatic rings. The van der Waals surface area contributed by atoms with E-state index >= 15 is 0 Å². The smallest absolute Gasteiger partial charge is 0.323 e. The summed E-state index contributed by atoms with van der Waals surface area (Å²) in [6.07, 6.45) is 0. The number of nitrogen functional groups attached to an aromatic ring is 1. The highest BCUT2D eigenvalue weighted by Crippen LogP contribution is 2.29. The van der Waals surface area contributed by atoms with Gasteiger partial charge in [0.25, 0.3) is 0 Å². The lowest BCUT2D eigenvalue weighted by Crippen LogP contribution is -2.28. The van der Waals surface area contributed by atoms with Gasteiger partial charge in [-0.3, -0.25) is 5.84 Å². The second-order valence-electron chi connectivity index (χ2n) is 3.33. The SMILES string of the molecule is NNc1ccccc1S(=O)(=O)NCCSC(F)(F)F. The second-order valence-corrected chi connectivity index (χ2v) is 6.23. The van der Waals surface area contributed by atoms with Gasteiger partial charge in [-0.1, -0.05) is 12.1 Å². The minimum Gasteiger partial charge on any atom is -0.323 e. The number of hydrazine groups is 1. The molecule has 0 aromatic heterocycles. The van der Waals surface area contributed by atoms with E-state index in [4.69, 9.17) is 5.84 Å². The number of para-hydroxylation sites is 1. The van der Waals surface area contributed by atoms with E-state index in [9.17, 15) is 21.6 Å². The Morgan fingerprint density at radius 3 is 2.47 bits per heavy atom. The first-order chi connectivity index (χ1) is 8.76. The summed E-state index contributed by atoms with van der Waals surface area (Å²) in [6.45, 7) is -0.328. The topological polar surface area (TPSA) is 84.2 Å². The average molecular weight is 315 g/mol. The molecule has 108 valence electrons. The summed E-state index contributed by atoms with van der Waals surface area (Å²) in [6, 6.07) is 5.81. The number of thioether (sulfide) groups is 1. The van der Waals surface area contributed by atoms with Gasteiger partial charge < -0.3 is 5.43 Å². The highest BCUT2D eigenvalue weighted by molar-refractivity contribution is 8.00. The van der Waals surface area contributed by atoms with E-state index in [0.717, 1.165) is 0 Å². The predicted octanol–water partition coefficient (Wildman–Crippen LogP) is 1.50. The highest BCUT2D eigenvalue weighted by atomic mass is 32.2. The molecule has 10 heteroatoms. The van der Waals surface area contributed by atoms with Crippen LogP contribution in [0, 0.1) is 0 Å². The molecule has 0 bridgehead atoms. The standard InChI is InChI=1S/C9H12F3N3O2S2/c10-9(11,12)18-6-5-14-19(16,17)8-4-2-1-3-7(8)15-13/h1-4,14-15H,5-6,13H2. The summed E-state index contributed by atoms with van der Waals surface area (Å²) in [7, 11) is -3.89. The quantitative estimate of drug-likeness (QED) is 0.421.